The Labute approximate surface area is 64.9 Å². The summed E-state index contributed by atoms with van der Waals surface area (Å²) in [6, 6.07) is -0.180. The second-order valence-electron chi connectivity index (χ2n) is 2.29. The Hall–Kier alpha value is 0.375. The quantitative estimate of drug-likeness (QED) is 0.373. The molecular weight excluding hydrogens is 146 g/mol. The summed E-state index contributed by atoms with van der Waals surface area (Å²) in [5.41, 5.74) is 5.96. The Bertz CT molecular complexity index is 106. The van der Waals surface area contributed by atoms with Crippen molar-refractivity contribution in [2.24, 2.45) is 0 Å². The van der Waals surface area contributed by atoms with Gasteiger partial charge in [0, 0.05) is 19.1 Å². The number of hydrogen-bond donors (Lipinski definition) is 2. The molecule has 0 bridgehead atoms. The van der Waals surface area contributed by atoms with Crippen LogP contribution in [-0.2, 0) is 4.74 Å². The first-order valence-corrected chi connectivity index (χ1v) is 4.21. The summed E-state index contributed by atoms with van der Waals surface area (Å²) in [5, 5.41) is 0. The number of nitrogens with one attached hydrogen (secondary N) is 2. The van der Waals surface area contributed by atoms with E-state index < -0.39 is 0 Å². The van der Waals surface area contributed by atoms with Gasteiger partial charge in [-0.05, 0) is 6.16 Å². The first kappa shape index (κ1) is 8.47. The van der Waals surface area contributed by atoms with Crippen molar-refractivity contribution >= 4 is 17.1 Å². The average molecular weight is 158 g/mol. The largest absolute Gasteiger partial charge is 0.382 e. The van der Waals surface area contributed by atoms with E-state index in [0.29, 0.717) is 6.54 Å². The van der Waals surface area contributed by atoms with Crippen LogP contribution in [0.1, 0.15) is 0 Å². The van der Waals surface area contributed by atoms with Crippen LogP contribution >= 0.6 is 9.24 Å². The van der Waals surface area contributed by atoms with Crippen molar-refractivity contribution in [3.05, 3.63) is 0 Å². The molecule has 0 aromatic rings. The van der Waals surface area contributed by atoms with Crippen molar-refractivity contribution in [2.45, 2.75) is 12.1 Å². The van der Waals surface area contributed by atoms with Crippen molar-refractivity contribution in [1.82, 2.24) is 10.9 Å². The lowest BCUT2D eigenvalue weighted by Crippen LogP contribution is -2.36. The van der Waals surface area contributed by atoms with Gasteiger partial charge in [-0.15, -0.1) is 9.24 Å². The Morgan fingerprint density at radius 3 is 2.90 bits per heavy atom. The highest BCUT2D eigenvalue weighted by Gasteiger charge is 2.13. The molecule has 3 atom stereocenters. The fourth-order valence-electron chi connectivity index (χ4n) is 0.841. The van der Waals surface area contributed by atoms with Crippen LogP contribution in [0.2, 0.25) is 0 Å². The van der Waals surface area contributed by atoms with Crippen molar-refractivity contribution in [2.75, 3.05) is 19.3 Å². The van der Waals surface area contributed by atoms with Gasteiger partial charge in [-0.25, -0.2) is 0 Å². The number of rotatable bonds is 1. The van der Waals surface area contributed by atoms with E-state index in [2.05, 4.69) is 20.1 Å². The SMILES string of the molecule is [B]C1CNNCC(CP)O1. The van der Waals surface area contributed by atoms with Crippen molar-refractivity contribution in [3.63, 3.8) is 0 Å². The van der Waals surface area contributed by atoms with Crippen LogP contribution in [0.15, 0.2) is 0 Å². The lowest BCUT2D eigenvalue weighted by Gasteiger charge is -2.15. The number of ether oxygens (including phenoxy) is 1. The summed E-state index contributed by atoms with van der Waals surface area (Å²) in [6.07, 6.45) is 1.14. The average Bonchev–Trinajstić information content (AvgIpc) is 2.13. The lowest BCUT2D eigenvalue weighted by molar-refractivity contribution is 0.0632. The normalized spacial score (nSPS) is 35.3. The zero-order valence-electron chi connectivity index (χ0n) is 5.84. The summed E-state index contributed by atoms with van der Waals surface area (Å²) in [7, 11) is 8.20. The van der Waals surface area contributed by atoms with Crippen molar-refractivity contribution < 1.29 is 4.74 Å². The van der Waals surface area contributed by atoms with E-state index in [1.807, 2.05) is 0 Å². The minimum absolute atomic E-state index is 0.180. The van der Waals surface area contributed by atoms with Gasteiger partial charge in [-0.3, -0.25) is 10.9 Å². The third-order valence-electron chi connectivity index (χ3n) is 1.39. The predicted octanol–water partition coefficient (Wildman–Crippen LogP) is -1.15. The third-order valence-corrected chi connectivity index (χ3v) is 1.91. The highest BCUT2D eigenvalue weighted by atomic mass is 31.0. The molecule has 0 aliphatic carbocycles. The van der Waals surface area contributed by atoms with Crippen LogP contribution in [0.4, 0.5) is 0 Å². The van der Waals surface area contributed by atoms with E-state index in [9.17, 15) is 0 Å². The van der Waals surface area contributed by atoms with E-state index in [1.165, 1.54) is 0 Å². The molecule has 10 heavy (non-hydrogen) atoms. The molecule has 3 nitrogen and oxygen atoms in total. The highest BCUT2D eigenvalue weighted by molar-refractivity contribution is 7.16. The Kier molecular flexibility index (Phi) is 3.64. The molecule has 1 heterocycles. The second kappa shape index (κ2) is 4.29. The smallest absolute Gasteiger partial charge is 0.110 e. The lowest BCUT2D eigenvalue weighted by atomic mass is 10.0. The minimum Gasteiger partial charge on any atom is -0.382 e. The summed E-state index contributed by atoms with van der Waals surface area (Å²) < 4.78 is 5.39. The van der Waals surface area contributed by atoms with Gasteiger partial charge in [0.05, 0.1) is 6.10 Å². The fourth-order valence-corrected chi connectivity index (χ4v) is 1.12. The van der Waals surface area contributed by atoms with Gasteiger partial charge in [0.15, 0.2) is 0 Å². The van der Waals surface area contributed by atoms with Crippen LogP contribution < -0.4 is 10.9 Å². The molecule has 1 fully saturated rings. The first-order valence-electron chi connectivity index (χ1n) is 3.39. The molecular formula is C5H12BN2OP. The molecule has 1 aliphatic rings. The maximum Gasteiger partial charge on any atom is 0.110 e. The molecule has 0 saturated carbocycles. The minimum atomic E-state index is -0.180. The molecule has 0 aromatic carbocycles. The van der Waals surface area contributed by atoms with Crippen molar-refractivity contribution in [3.8, 4) is 0 Å². The summed E-state index contributed by atoms with van der Waals surface area (Å²) in [6.45, 7) is 1.48. The summed E-state index contributed by atoms with van der Waals surface area (Å²) >= 11 is 0. The molecule has 56 valence electrons. The molecule has 5 heteroatoms. The van der Waals surface area contributed by atoms with E-state index in [1.54, 1.807) is 0 Å². The van der Waals surface area contributed by atoms with Crippen LogP contribution in [-0.4, -0.2) is 39.2 Å². The topological polar surface area (TPSA) is 33.3 Å². The van der Waals surface area contributed by atoms with E-state index in [0.717, 1.165) is 12.7 Å². The fraction of sp³-hybridized carbons (Fsp3) is 1.00. The second-order valence-corrected chi connectivity index (χ2v) is 2.77. The Morgan fingerprint density at radius 2 is 2.20 bits per heavy atom. The van der Waals surface area contributed by atoms with Crippen LogP contribution in [0.5, 0.6) is 0 Å². The molecule has 1 saturated heterocycles. The maximum atomic E-state index is 5.57. The molecule has 3 unspecified atom stereocenters. The predicted molar refractivity (Wildman–Crippen MR) is 45.0 cm³/mol. The van der Waals surface area contributed by atoms with Gasteiger partial charge in [-0.1, -0.05) is 0 Å². The zero-order chi connectivity index (χ0) is 7.40. The third kappa shape index (κ3) is 2.55. The van der Waals surface area contributed by atoms with Crippen LogP contribution in [0.3, 0.4) is 0 Å². The molecule has 0 amide bonds. The van der Waals surface area contributed by atoms with Gasteiger partial charge in [0.25, 0.3) is 0 Å². The highest BCUT2D eigenvalue weighted by Crippen LogP contribution is 2.00. The van der Waals surface area contributed by atoms with E-state index >= 15 is 0 Å². The van der Waals surface area contributed by atoms with Gasteiger partial charge in [-0.2, -0.15) is 0 Å². The van der Waals surface area contributed by atoms with E-state index in [-0.39, 0.29) is 12.1 Å². The maximum absolute atomic E-state index is 5.57. The van der Waals surface area contributed by atoms with Crippen LogP contribution in [0, 0.1) is 0 Å². The van der Waals surface area contributed by atoms with Crippen LogP contribution in [0.25, 0.3) is 0 Å². The first-order chi connectivity index (χ1) is 4.83. The Morgan fingerprint density at radius 1 is 1.50 bits per heavy atom. The molecule has 0 spiro atoms. The van der Waals surface area contributed by atoms with Crippen molar-refractivity contribution in [1.29, 1.82) is 0 Å². The zero-order valence-corrected chi connectivity index (χ0v) is 6.99. The number of hydrogen-bond acceptors (Lipinski definition) is 3. The molecule has 2 N–H and O–H groups in total. The monoisotopic (exact) mass is 158 g/mol. The van der Waals surface area contributed by atoms with E-state index in [4.69, 9.17) is 12.6 Å². The van der Waals surface area contributed by atoms with Gasteiger partial charge >= 0.3 is 0 Å². The van der Waals surface area contributed by atoms with Gasteiger partial charge in [0.2, 0.25) is 0 Å². The summed E-state index contributed by atoms with van der Waals surface area (Å²) in [4.78, 5) is 0. The Balaban J connectivity index is 2.30. The molecule has 1 rings (SSSR count). The number of hydrazine groups is 1. The molecule has 2 radical (unpaired) electrons. The van der Waals surface area contributed by atoms with Gasteiger partial charge in [0.1, 0.15) is 7.85 Å². The molecule has 0 aromatic heterocycles. The molecule has 1 aliphatic heterocycles. The standard InChI is InChI=1S/C5H12BN2OP/c6-5-2-8-7-1-4(3-10)9-5/h4-5,7-8H,1-3,10H2. The van der Waals surface area contributed by atoms with Gasteiger partial charge < -0.3 is 4.74 Å². The summed E-state index contributed by atoms with van der Waals surface area (Å²) in [5.74, 6) is 0.